The summed E-state index contributed by atoms with van der Waals surface area (Å²) in [5, 5.41) is 4.18. The van der Waals surface area contributed by atoms with Crippen molar-refractivity contribution >= 4 is 55.0 Å². The zero-order chi connectivity index (χ0) is 37.1. The van der Waals surface area contributed by atoms with Gasteiger partial charge in [0.2, 0.25) is 0 Å². The van der Waals surface area contributed by atoms with Crippen LogP contribution in [0.4, 0.5) is 11.4 Å². The molecule has 1 aliphatic carbocycles. The third-order valence-electron chi connectivity index (χ3n) is 11.7. The molecule has 7 nitrogen and oxygen atoms in total. The number of benzene rings is 6. The number of aromatic nitrogens is 4. The summed E-state index contributed by atoms with van der Waals surface area (Å²) in [7, 11) is 0. The van der Waals surface area contributed by atoms with Crippen LogP contribution in [-0.2, 0) is 5.41 Å². The number of rotatable bonds is 2. The van der Waals surface area contributed by atoms with E-state index in [0.717, 1.165) is 89.4 Å². The van der Waals surface area contributed by atoms with Gasteiger partial charge >= 0.3 is 0 Å². The second-order valence-corrected chi connectivity index (χ2v) is 14.3. The van der Waals surface area contributed by atoms with Crippen molar-refractivity contribution in [3.63, 3.8) is 0 Å². The Bertz CT molecular complexity index is 3330. The molecule has 1 aliphatic heterocycles. The third kappa shape index (κ3) is 3.78. The van der Waals surface area contributed by atoms with E-state index in [2.05, 4.69) is 104 Å². The Morgan fingerprint density at radius 2 is 1.11 bits per heavy atom. The summed E-state index contributed by atoms with van der Waals surface area (Å²) >= 11 is 0. The first kappa shape index (κ1) is 30.5. The second kappa shape index (κ2) is 11.0. The number of ether oxygens (including phenoxy) is 1. The summed E-state index contributed by atoms with van der Waals surface area (Å²) in [6.07, 6.45) is 3.82. The zero-order valence-electron chi connectivity index (χ0n) is 29.6. The van der Waals surface area contributed by atoms with Gasteiger partial charge < -0.3 is 13.9 Å². The predicted molar refractivity (Wildman–Crippen MR) is 221 cm³/mol. The van der Waals surface area contributed by atoms with Crippen molar-refractivity contribution in [3.05, 3.63) is 203 Å². The van der Waals surface area contributed by atoms with E-state index in [1.165, 1.54) is 10.8 Å². The van der Waals surface area contributed by atoms with Gasteiger partial charge in [0.15, 0.2) is 11.4 Å². The van der Waals surface area contributed by atoms with Crippen molar-refractivity contribution in [1.29, 1.82) is 0 Å². The number of hydrogen-bond acceptors (Lipinski definition) is 3. The molecule has 258 valence electrons. The van der Waals surface area contributed by atoms with Crippen LogP contribution < -0.4 is 4.74 Å². The van der Waals surface area contributed by atoms with Gasteiger partial charge in [-0.1, -0.05) is 78.9 Å². The maximum Gasteiger partial charge on any atom is 0.188 e. The molecule has 1 unspecified atom stereocenters. The zero-order valence-corrected chi connectivity index (χ0v) is 29.6. The van der Waals surface area contributed by atoms with Gasteiger partial charge in [0, 0.05) is 33.7 Å². The largest absolute Gasteiger partial charge is 0.457 e. The van der Waals surface area contributed by atoms with Gasteiger partial charge in [-0.25, -0.2) is 9.69 Å². The van der Waals surface area contributed by atoms with Gasteiger partial charge in [0.05, 0.1) is 69.6 Å². The molecule has 6 aromatic carbocycles. The average molecular weight is 715 g/mol. The molecule has 2 aliphatic rings. The van der Waals surface area contributed by atoms with Crippen molar-refractivity contribution in [2.75, 3.05) is 0 Å². The highest BCUT2D eigenvalue weighted by molar-refractivity contribution is 6.12. The highest BCUT2D eigenvalue weighted by Crippen LogP contribution is 2.63. The molecule has 0 fully saturated rings. The Morgan fingerprint density at radius 1 is 0.500 bits per heavy atom. The van der Waals surface area contributed by atoms with E-state index in [-0.39, 0.29) is 0 Å². The van der Waals surface area contributed by atoms with Crippen LogP contribution in [0.3, 0.4) is 0 Å². The summed E-state index contributed by atoms with van der Waals surface area (Å²) in [6.45, 7) is 15.6. The molecule has 12 rings (SSSR count). The van der Waals surface area contributed by atoms with Gasteiger partial charge in [-0.3, -0.25) is 9.97 Å². The van der Waals surface area contributed by atoms with Crippen LogP contribution >= 0.6 is 0 Å². The number of fused-ring (bicyclic) bond motifs is 15. The topological polar surface area (TPSA) is 53.6 Å². The molecule has 0 N–H and O–H groups in total. The molecule has 7 heteroatoms. The first-order valence-corrected chi connectivity index (χ1v) is 18.4. The maximum atomic E-state index is 7.81. The maximum absolute atomic E-state index is 7.81. The molecular formula is C49H26N6O. The average Bonchev–Trinajstić information content (AvgIpc) is 3.87. The van der Waals surface area contributed by atoms with E-state index in [0.29, 0.717) is 11.4 Å². The minimum absolute atomic E-state index is 0.543. The van der Waals surface area contributed by atoms with Gasteiger partial charge in [0.25, 0.3) is 0 Å². The first-order valence-electron chi connectivity index (χ1n) is 18.4. The lowest BCUT2D eigenvalue weighted by atomic mass is 9.65. The third-order valence-corrected chi connectivity index (χ3v) is 11.7. The van der Waals surface area contributed by atoms with E-state index in [4.69, 9.17) is 27.8 Å². The Hall–Kier alpha value is -8.00. The molecule has 5 heterocycles. The normalized spacial score (nSPS) is 15.0. The minimum Gasteiger partial charge on any atom is -0.457 e. The lowest BCUT2D eigenvalue weighted by Gasteiger charge is -2.40. The highest BCUT2D eigenvalue weighted by atomic mass is 16.5. The van der Waals surface area contributed by atoms with Gasteiger partial charge in [0.1, 0.15) is 11.5 Å². The molecule has 1 atom stereocenters. The molecule has 10 aromatic rings. The van der Waals surface area contributed by atoms with Crippen molar-refractivity contribution in [1.82, 2.24) is 19.1 Å². The lowest BCUT2D eigenvalue weighted by molar-refractivity contribution is 0.435. The first-order chi connectivity index (χ1) is 27.7. The van der Waals surface area contributed by atoms with E-state index in [9.17, 15) is 0 Å². The van der Waals surface area contributed by atoms with E-state index < -0.39 is 5.41 Å². The summed E-state index contributed by atoms with van der Waals surface area (Å²) in [5.41, 5.74) is 11.8. The second-order valence-electron chi connectivity index (χ2n) is 14.3. The Morgan fingerprint density at radius 3 is 1.82 bits per heavy atom. The molecule has 0 radical (unpaired) electrons. The molecule has 0 saturated heterocycles. The Balaban J connectivity index is 1.24. The van der Waals surface area contributed by atoms with Crippen molar-refractivity contribution in [3.8, 4) is 34.3 Å². The molecule has 0 amide bonds. The fourth-order valence-corrected chi connectivity index (χ4v) is 9.54. The van der Waals surface area contributed by atoms with Crippen LogP contribution in [0.2, 0.25) is 0 Å². The standard InChI is InChI=1S/C49H26N6O/c1-50-29-20-22-41-34(25-29)35-26-30(51-2)21-23-42(35)55(41)43-17-9-19-45-46(43)49(36-13-5-8-18-44(36)56-45)37-14-10-24-52-47(37)48-38(49)27-31(28-53-48)54-39-15-6-3-11-32(39)33-12-4-7-16-40(33)54/h3-28H. The van der Waals surface area contributed by atoms with Crippen molar-refractivity contribution < 1.29 is 4.74 Å². The summed E-state index contributed by atoms with van der Waals surface area (Å²) in [5.74, 6) is 1.50. The molecule has 56 heavy (non-hydrogen) atoms. The fraction of sp³-hybridized carbons (Fsp3) is 0.0204. The molecule has 0 bridgehead atoms. The van der Waals surface area contributed by atoms with Crippen molar-refractivity contribution in [2.24, 2.45) is 0 Å². The fourth-order valence-electron chi connectivity index (χ4n) is 9.54. The lowest BCUT2D eigenvalue weighted by Crippen LogP contribution is -2.33. The van der Waals surface area contributed by atoms with Crippen LogP contribution in [-0.4, -0.2) is 19.1 Å². The predicted octanol–water partition coefficient (Wildman–Crippen LogP) is 12.2. The van der Waals surface area contributed by atoms with Crippen LogP contribution in [0.5, 0.6) is 11.5 Å². The number of pyridine rings is 2. The van der Waals surface area contributed by atoms with Crippen LogP contribution in [0, 0.1) is 13.1 Å². The SMILES string of the molecule is [C-]#[N+]c1ccc2c(c1)c1cc([N+]#[C-])ccc1n2-c1cccc2c1C1(c3ccccc3O2)c2cccnc2-c2ncc(-n3c4ccccc4c4ccccc43)cc21. The Kier molecular flexibility index (Phi) is 5.99. The summed E-state index contributed by atoms with van der Waals surface area (Å²) in [4.78, 5) is 17.9. The number of nitrogens with zero attached hydrogens (tertiary/aromatic N) is 6. The van der Waals surface area contributed by atoms with Gasteiger partial charge in [-0.05, 0) is 83.1 Å². The minimum atomic E-state index is -0.892. The summed E-state index contributed by atoms with van der Waals surface area (Å²) in [6, 6.07) is 49.8. The Labute approximate surface area is 320 Å². The molecule has 1 spiro atoms. The molecule has 4 aromatic heterocycles. The van der Waals surface area contributed by atoms with E-state index in [1.807, 2.05) is 73.1 Å². The van der Waals surface area contributed by atoms with Crippen LogP contribution in [0.1, 0.15) is 22.3 Å². The number of para-hydroxylation sites is 3. The van der Waals surface area contributed by atoms with Gasteiger partial charge in [-0.2, -0.15) is 0 Å². The van der Waals surface area contributed by atoms with E-state index >= 15 is 0 Å². The van der Waals surface area contributed by atoms with Crippen LogP contribution in [0.15, 0.2) is 158 Å². The van der Waals surface area contributed by atoms with Crippen molar-refractivity contribution in [2.45, 2.75) is 5.41 Å². The molecule has 0 saturated carbocycles. The number of hydrogen-bond donors (Lipinski definition) is 0. The van der Waals surface area contributed by atoms with Gasteiger partial charge in [-0.15, -0.1) is 0 Å². The monoisotopic (exact) mass is 714 g/mol. The van der Waals surface area contributed by atoms with Crippen LogP contribution in [0.25, 0.3) is 76.1 Å². The highest BCUT2D eigenvalue weighted by Gasteiger charge is 2.54. The van der Waals surface area contributed by atoms with E-state index in [1.54, 1.807) is 0 Å². The quantitative estimate of drug-likeness (QED) is 0.168. The molecular weight excluding hydrogens is 689 g/mol. The smallest absolute Gasteiger partial charge is 0.188 e. The summed E-state index contributed by atoms with van der Waals surface area (Å²) < 4.78 is 11.5.